The van der Waals surface area contributed by atoms with Crippen LogP contribution >= 0.6 is 0 Å². The molecule has 3 atom stereocenters. The Bertz CT molecular complexity index is 524. The van der Waals surface area contributed by atoms with Gasteiger partial charge in [-0.3, -0.25) is 9.69 Å². The second-order valence-corrected chi connectivity index (χ2v) is 6.58. The lowest BCUT2D eigenvalue weighted by molar-refractivity contribution is -0.116. The highest BCUT2D eigenvalue weighted by molar-refractivity contribution is 5.91. The van der Waals surface area contributed by atoms with Gasteiger partial charge in [0.15, 0.2) is 0 Å². The number of amides is 1. The number of morpholine rings is 1. The van der Waals surface area contributed by atoms with Gasteiger partial charge in [0.05, 0.1) is 13.2 Å². The zero-order valence-corrected chi connectivity index (χ0v) is 14.7. The van der Waals surface area contributed by atoms with Crippen molar-refractivity contribution in [2.45, 2.75) is 45.3 Å². The lowest BCUT2D eigenvalue weighted by atomic mass is 10.1. The Morgan fingerprint density at radius 1 is 1.38 bits per heavy atom. The number of anilines is 1. The molecule has 0 radical (unpaired) electrons. The molecule has 2 N–H and O–H groups in total. The minimum Gasteiger partial charge on any atom is -0.379 e. The molecule has 0 unspecified atom stereocenters. The molecule has 1 heterocycles. The molecule has 0 aromatic heterocycles. The van der Waals surface area contributed by atoms with Crippen LogP contribution < -0.4 is 10.6 Å². The third-order valence-electron chi connectivity index (χ3n) is 4.37. The first-order chi connectivity index (χ1) is 11.5. The molecule has 0 aliphatic carbocycles. The van der Waals surface area contributed by atoms with Gasteiger partial charge in [-0.2, -0.15) is 0 Å². The van der Waals surface area contributed by atoms with E-state index in [4.69, 9.17) is 4.74 Å². The third-order valence-corrected chi connectivity index (χ3v) is 4.37. The van der Waals surface area contributed by atoms with Crippen molar-refractivity contribution in [3.8, 4) is 0 Å². The summed E-state index contributed by atoms with van der Waals surface area (Å²) in [5.41, 5.74) is 0.615. The molecule has 5 nitrogen and oxygen atoms in total. The van der Waals surface area contributed by atoms with Gasteiger partial charge in [-0.1, -0.05) is 0 Å². The van der Waals surface area contributed by atoms with Crippen LogP contribution in [0, 0.1) is 5.82 Å². The van der Waals surface area contributed by atoms with E-state index in [-0.39, 0.29) is 17.8 Å². The highest BCUT2D eigenvalue weighted by Crippen LogP contribution is 2.11. The van der Waals surface area contributed by atoms with Gasteiger partial charge in [0.2, 0.25) is 5.91 Å². The Kier molecular flexibility index (Phi) is 7.15. The molecule has 0 saturated carbocycles. The summed E-state index contributed by atoms with van der Waals surface area (Å²) in [6.07, 6.45) is 0.378. The van der Waals surface area contributed by atoms with Gasteiger partial charge in [0, 0.05) is 43.3 Å². The summed E-state index contributed by atoms with van der Waals surface area (Å²) in [4.78, 5) is 14.5. The van der Waals surface area contributed by atoms with Crippen LogP contribution in [-0.4, -0.2) is 55.2 Å². The number of benzene rings is 1. The minimum atomic E-state index is -0.311. The summed E-state index contributed by atoms with van der Waals surface area (Å²) in [5.74, 6) is -0.386. The van der Waals surface area contributed by atoms with Crippen molar-refractivity contribution in [3.63, 3.8) is 0 Å². The number of halogens is 1. The number of nitrogens with one attached hydrogen (secondary N) is 2. The van der Waals surface area contributed by atoms with E-state index in [9.17, 15) is 9.18 Å². The highest BCUT2D eigenvalue weighted by Gasteiger charge is 2.23. The molecule has 2 rings (SSSR count). The Morgan fingerprint density at radius 2 is 2.08 bits per heavy atom. The van der Waals surface area contributed by atoms with Crippen molar-refractivity contribution in [1.82, 2.24) is 10.2 Å². The van der Waals surface area contributed by atoms with E-state index >= 15 is 0 Å². The van der Waals surface area contributed by atoms with Gasteiger partial charge in [0.25, 0.3) is 0 Å². The summed E-state index contributed by atoms with van der Waals surface area (Å²) in [6, 6.07) is 6.69. The van der Waals surface area contributed by atoms with E-state index in [0.29, 0.717) is 24.2 Å². The van der Waals surface area contributed by atoms with Crippen LogP contribution in [0.2, 0.25) is 0 Å². The summed E-state index contributed by atoms with van der Waals surface area (Å²) in [6.45, 7) is 9.71. The Labute approximate surface area is 143 Å². The average Bonchev–Trinajstić information content (AvgIpc) is 2.55. The predicted molar refractivity (Wildman–Crippen MR) is 93.6 cm³/mol. The fourth-order valence-electron chi connectivity index (χ4n) is 2.98. The molecular weight excluding hydrogens is 309 g/mol. The van der Waals surface area contributed by atoms with Crippen molar-refractivity contribution in [2.75, 3.05) is 31.6 Å². The smallest absolute Gasteiger partial charge is 0.225 e. The first kappa shape index (κ1) is 18.8. The van der Waals surface area contributed by atoms with E-state index in [1.54, 1.807) is 12.1 Å². The second kappa shape index (κ2) is 9.11. The highest BCUT2D eigenvalue weighted by atomic mass is 19.1. The molecule has 0 bridgehead atoms. The van der Waals surface area contributed by atoms with Gasteiger partial charge in [-0.25, -0.2) is 4.39 Å². The molecule has 1 aromatic carbocycles. The SMILES string of the molecule is C[C@H](CC(=O)Nc1ccc(F)cc1)NC[C@H](C)N1CCOC[C@H]1C. The molecule has 1 aromatic rings. The van der Waals surface area contributed by atoms with Crippen molar-refractivity contribution < 1.29 is 13.9 Å². The molecular formula is C18H28FN3O2. The molecule has 1 saturated heterocycles. The summed E-state index contributed by atoms with van der Waals surface area (Å²) < 4.78 is 18.3. The van der Waals surface area contributed by atoms with Gasteiger partial charge in [-0.05, 0) is 45.0 Å². The molecule has 6 heteroatoms. The van der Waals surface area contributed by atoms with Crippen molar-refractivity contribution >= 4 is 11.6 Å². The van der Waals surface area contributed by atoms with Crippen LogP contribution in [0.4, 0.5) is 10.1 Å². The number of rotatable bonds is 7. The molecule has 1 aliphatic heterocycles. The van der Waals surface area contributed by atoms with E-state index in [0.717, 1.165) is 26.3 Å². The van der Waals surface area contributed by atoms with Crippen molar-refractivity contribution in [2.24, 2.45) is 0 Å². The fraction of sp³-hybridized carbons (Fsp3) is 0.611. The van der Waals surface area contributed by atoms with E-state index in [2.05, 4.69) is 29.4 Å². The van der Waals surface area contributed by atoms with Crippen LogP contribution in [0.25, 0.3) is 0 Å². The van der Waals surface area contributed by atoms with Crippen LogP contribution in [0.3, 0.4) is 0 Å². The minimum absolute atomic E-state index is 0.0734. The number of carbonyl (C=O) groups excluding carboxylic acids is 1. The van der Waals surface area contributed by atoms with E-state index < -0.39 is 0 Å². The van der Waals surface area contributed by atoms with Crippen LogP contribution in [-0.2, 0) is 9.53 Å². The fourth-order valence-corrected chi connectivity index (χ4v) is 2.98. The number of carbonyl (C=O) groups is 1. The predicted octanol–water partition coefficient (Wildman–Crippen LogP) is 2.24. The van der Waals surface area contributed by atoms with Crippen molar-refractivity contribution in [1.29, 1.82) is 0 Å². The second-order valence-electron chi connectivity index (χ2n) is 6.58. The molecule has 24 heavy (non-hydrogen) atoms. The molecule has 1 fully saturated rings. The van der Waals surface area contributed by atoms with Crippen LogP contribution in [0.15, 0.2) is 24.3 Å². The third kappa shape index (κ3) is 5.85. The largest absolute Gasteiger partial charge is 0.379 e. The molecule has 1 aliphatic rings. The van der Waals surface area contributed by atoms with E-state index in [1.165, 1.54) is 12.1 Å². The van der Waals surface area contributed by atoms with Gasteiger partial charge >= 0.3 is 0 Å². The Hall–Kier alpha value is -1.50. The Morgan fingerprint density at radius 3 is 2.75 bits per heavy atom. The maximum Gasteiger partial charge on any atom is 0.225 e. The zero-order valence-electron chi connectivity index (χ0n) is 14.7. The molecule has 134 valence electrons. The summed E-state index contributed by atoms with van der Waals surface area (Å²) >= 11 is 0. The number of hydrogen-bond donors (Lipinski definition) is 2. The first-order valence-corrected chi connectivity index (χ1v) is 8.58. The monoisotopic (exact) mass is 337 g/mol. The van der Waals surface area contributed by atoms with E-state index in [1.807, 2.05) is 6.92 Å². The average molecular weight is 337 g/mol. The number of ether oxygens (including phenoxy) is 1. The Balaban J connectivity index is 1.71. The van der Waals surface area contributed by atoms with Crippen LogP contribution in [0.5, 0.6) is 0 Å². The first-order valence-electron chi connectivity index (χ1n) is 8.58. The number of hydrogen-bond acceptors (Lipinski definition) is 4. The molecule has 1 amide bonds. The quantitative estimate of drug-likeness (QED) is 0.801. The molecule has 0 spiro atoms. The van der Waals surface area contributed by atoms with Gasteiger partial charge in [-0.15, -0.1) is 0 Å². The maximum atomic E-state index is 12.9. The van der Waals surface area contributed by atoms with Crippen LogP contribution in [0.1, 0.15) is 27.2 Å². The lowest BCUT2D eigenvalue weighted by Crippen LogP contribution is -2.52. The topological polar surface area (TPSA) is 53.6 Å². The lowest BCUT2D eigenvalue weighted by Gasteiger charge is -2.38. The zero-order chi connectivity index (χ0) is 17.5. The maximum absolute atomic E-state index is 12.9. The normalized spacial score (nSPS) is 21.2. The van der Waals surface area contributed by atoms with Gasteiger partial charge in [0.1, 0.15) is 5.82 Å². The summed E-state index contributed by atoms with van der Waals surface area (Å²) in [5, 5.41) is 6.21. The van der Waals surface area contributed by atoms with Gasteiger partial charge < -0.3 is 15.4 Å². The number of nitrogens with zero attached hydrogens (tertiary/aromatic N) is 1. The summed E-state index contributed by atoms with van der Waals surface area (Å²) in [7, 11) is 0. The van der Waals surface area contributed by atoms with Crippen molar-refractivity contribution in [3.05, 3.63) is 30.1 Å². The standard InChI is InChI=1S/C18H28FN3O2/c1-13(10-18(23)21-17-6-4-16(19)5-7-17)20-11-14(2)22-8-9-24-12-15(22)3/h4-7,13-15,20H,8-12H2,1-3H3,(H,21,23)/t13-,14+,15-/m1/s1.